The number of ether oxygens (including phenoxy) is 1. The number of aryl methyl sites for hydroxylation is 1. The number of rotatable bonds is 4. The lowest BCUT2D eigenvalue weighted by Crippen LogP contribution is -2.21. The first kappa shape index (κ1) is 13.2. The summed E-state index contributed by atoms with van der Waals surface area (Å²) in [4.78, 5) is 11.9. The van der Waals surface area contributed by atoms with Crippen molar-refractivity contribution in [1.82, 2.24) is 0 Å². The summed E-state index contributed by atoms with van der Waals surface area (Å²) in [6, 6.07) is 5.92. The van der Waals surface area contributed by atoms with Gasteiger partial charge >= 0.3 is 5.97 Å². The van der Waals surface area contributed by atoms with E-state index in [1.165, 1.54) is 0 Å². The van der Waals surface area contributed by atoms with E-state index in [0.29, 0.717) is 6.42 Å². The largest absolute Gasteiger partial charge is 0.479 e. The highest BCUT2D eigenvalue weighted by molar-refractivity contribution is 7.99. The number of aliphatic carboxylic acids is 1. The van der Waals surface area contributed by atoms with Crippen molar-refractivity contribution in [3.8, 4) is 0 Å². The zero-order valence-electron chi connectivity index (χ0n) is 10.3. The number of nitrogens with two attached hydrogens (primary N) is 1. The number of carboxylic acids is 1. The van der Waals surface area contributed by atoms with Crippen LogP contribution in [0.3, 0.4) is 0 Å². The first-order chi connectivity index (χ1) is 8.56. The number of nitrogen functional groups attached to an aromatic ring is 1. The second-order valence-corrected chi connectivity index (χ2v) is 5.59. The van der Waals surface area contributed by atoms with Crippen molar-refractivity contribution < 1.29 is 14.6 Å². The Morgan fingerprint density at radius 1 is 1.56 bits per heavy atom. The van der Waals surface area contributed by atoms with E-state index < -0.39 is 12.1 Å². The van der Waals surface area contributed by atoms with Crippen LogP contribution in [0.1, 0.15) is 18.4 Å². The summed E-state index contributed by atoms with van der Waals surface area (Å²) in [5.41, 5.74) is 7.62. The predicted molar refractivity (Wildman–Crippen MR) is 71.8 cm³/mol. The van der Waals surface area contributed by atoms with Crippen LogP contribution >= 0.6 is 11.8 Å². The van der Waals surface area contributed by atoms with E-state index in [9.17, 15) is 4.79 Å². The Morgan fingerprint density at radius 3 is 2.94 bits per heavy atom. The maximum Gasteiger partial charge on any atom is 0.332 e. The van der Waals surface area contributed by atoms with E-state index in [2.05, 4.69) is 0 Å². The number of carboxylic acid groups (broad SMARTS) is 1. The number of carbonyl (C=O) groups is 1. The normalized spacial score (nSPS) is 23.2. The van der Waals surface area contributed by atoms with Gasteiger partial charge in [0.2, 0.25) is 0 Å². The number of hydrogen-bond acceptors (Lipinski definition) is 4. The molecule has 18 heavy (non-hydrogen) atoms. The van der Waals surface area contributed by atoms with Crippen molar-refractivity contribution in [1.29, 1.82) is 0 Å². The van der Waals surface area contributed by atoms with E-state index in [-0.39, 0.29) is 6.10 Å². The quantitative estimate of drug-likeness (QED) is 0.647. The molecular formula is C13H17NO3S. The zero-order valence-corrected chi connectivity index (χ0v) is 11.1. The molecule has 3 N–H and O–H groups in total. The molecule has 0 aromatic heterocycles. The van der Waals surface area contributed by atoms with E-state index in [1.807, 2.05) is 25.1 Å². The fourth-order valence-corrected chi connectivity index (χ4v) is 2.99. The van der Waals surface area contributed by atoms with Gasteiger partial charge in [0, 0.05) is 16.3 Å². The van der Waals surface area contributed by atoms with E-state index in [1.54, 1.807) is 11.8 Å². The van der Waals surface area contributed by atoms with E-state index in [0.717, 1.165) is 28.3 Å². The van der Waals surface area contributed by atoms with Crippen molar-refractivity contribution in [2.24, 2.45) is 0 Å². The van der Waals surface area contributed by atoms with Gasteiger partial charge in [-0.05, 0) is 43.5 Å². The molecule has 0 radical (unpaired) electrons. The Kier molecular flexibility index (Phi) is 4.14. The Hall–Kier alpha value is -1.20. The summed E-state index contributed by atoms with van der Waals surface area (Å²) >= 11 is 1.68. The molecule has 0 spiro atoms. The summed E-state index contributed by atoms with van der Waals surface area (Å²) in [6.07, 6.45) is 0.844. The monoisotopic (exact) mass is 267 g/mol. The summed E-state index contributed by atoms with van der Waals surface area (Å²) < 4.78 is 5.45. The lowest BCUT2D eigenvalue weighted by Gasteiger charge is -2.11. The number of benzene rings is 1. The van der Waals surface area contributed by atoms with Crippen LogP contribution in [0.2, 0.25) is 0 Å². The second kappa shape index (κ2) is 5.63. The number of anilines is 1. The molecule has 2 rings (SSSR count). The fourth-order valence-electron chi connectivity index (χ4n) is 1.94. The third kappa shape index (κ3) is 3.17. The summed E-state index contributed by atoms with van der Waals surface area (Å²) in [5, 5.41) is 8.84. The summed E-state index contributed by atoms with van der Waals surface area (Å²) in [7, 11) is 0. The van der Waals surface area contributed by atoms with Gasteiger partial charge in [0.1, 0.15) is 0 Å². The Balaban J connectivity index is 1.85. The standard InChI is InChI=1S/C13H17NO3S/c1-8-6-10(3-4-11(8)14)18-7-9-2-5-12(17-9)13(15)16/h3-4,6,9,12H,2,5,7,14H2,1H3,(H,15,16). The molecule has 1 aliphatic rings. The highest BCUT2D eigenvalue weighted by atomic mass is 32.2. The SMILES string of the molecule is Cc1cc(SCC2CCC(C(=O)O)O2)ccc1N. The molecule has 0 aliphatic carbocycles. The average molecular weight is 267 g/mol. The van der Waals surface area contributed by atoms with Crippen molar-refractivity contribution in [2.75, 3.05) is 11.5 Å². The van der Waals surface area contributed by atoms with Crippen molar-refractivity contribution in [3.63, 3.8) is 0 Å². The van der Waals surface area contributed by atoms with Crippen LogP contribution in [0.25, 0.3) is 0 Å². The fraction of sp³-hybridized carbons (Fsp3) is 0.462. The molecule has 0 saturated carbocycles. The van der Waals surface area contributed by atoms with Gasteiger partial charge in [-0.3, -0.25) is 0 Å². The van der Waals surface area contributed by atoms with Gasteiger partial charge in [0.25, 0.3) is 0 Å². The van der Waals surface area contributed by atoms with Crippen molar-refractivity contribution in [3.05, 3.63) is 23.8 Å². The third-order valence-electron chi connectivity index (χ3n) is 3.06. The Labute approximate surface area is 111 Å². The zero-order chi connectivity index (χ0) is 13.1. The molecule has 2 unspecified atom stereocenters. The van der Waals surface area contributed by atoms with Gasteiger partial charge in [-0.15, -0.1) is 11.8 Å². The molecule has 1 fully saturated rings. The van der Waals surface area contributed by atoms with Crippen LogP contribution in [0.15, 0.2) is 23.1 Å². The van der Waals surface area contributed by atoms with Gasteiger partial charge in [0.05, 0.1) is 6.10 Å². The Morgan fingerprint density at radius 2 is 2.33 bits per heavy atom. The third-order valence-corrected chi connectivity index (χ3v) is 4.19. The molecule has 1 aromatic carbocycles. The van der Waals surface area contributed by atoms with Gasteiger partial charge in [-0.1, -0.05) is 0 Å². The lowest BCUT2D eigenvalue weighted by atomic mass is 10.2. The Bertz CT molecular complexity index is 450. The average Bonchev–Trinajstić information content (AvgIpc) is 2.79. The minimum absolute atomic E-state index is 0.0361. The molecule has 1 heterocycles. The van der Waals surface area contributed by atoms with Crippen LogP contribution in [0, 0.1) is 6.92 Å². The molecule has 0 amide bonds. The molecule has 0 bridgehead atoms. The first-order valence-corrected chi connectivity index (χ1v) is 6.92. The van der Waals surface area contributed by atoms with Gasteiger partial charge < -0.3 is 15.6 Å². The number of hydrogen-bond donors (Lipinski definition) is 2. The first-order valence-electron chi connectivity index (χ1n) is 5.93. The molecule has 2 atom stereocenters. The van der Waals surface area contributed by atoms with Crippen molar-refractivity contribution >= 4 is 23.4 Å². The van der Waals surface area contributed by atoms with Gasteiger partial charge in [0.15, 0.2) is 6.10 Å². The maximum atomic E-state index is 10.8. The van der Waals surface area contributed by atoms with E-state index >= 15 is 0 Å². The van der Waals surface area contributed by atoms with Gasteiger partial charge in [-0.2, -0.15) is 0 Å². The van der Waals surface area contributed by atoms with Crippen LogP contribution in [-0.4, -0.2) is 29.0 Å². The molecule has 1 aliphatic heterocycles. The van der Waals surface area contributed by atoms with Crippen molar-refractivity contribution in [2.45, 2.75) is 36.9 Å². The van der Waals surface area contributed by atoms with E-state index in [4.69, 9.17) is 15.6 Å². The molecule has 98 valence electrons. The minimum Gasteiger partial charge on any atom is -0.479 e. The minimum atomic E-state index is -0.856. The van der Waals surface area contributed by atoms with Crippen LogP contribution < -0.4 is 5.73 Å². The molecular weight excluding hydrogens is 250 g/mol. The summed E-state index contributed by atoms with van der Waals surface area (Å²) in [6.45, 7) is 1.98. The highest BCUT2D eigenvalue weighted by Gasteiger charge is 2.30. The highest BCUT2D eigenvalue weighted by Crippen LogP contribution is 2.28. The van der Waals surface area contributed by atoms with Gasteiger partial charge in [-0.25, -0.2) is 4.79 Å². The molecule has 1 saturated heterocycles. The molecule has 5 heteroatoms. The maximum absolute atomic E-state index is 10.8. The summed E-state index contributed by atoms with van der Waals surface area (Å²) in [5.74, 6) is -0.0709. The van der Waals surface area contributed by atoms with Crippen LogP contribution in [0.5, 0.6) is 0 Å². The number of thioether (sulfide) groups is 1. The smallest absolute Gasteiger partial charge is 0.332 e. The topological polar surface area (TPSA) is 72.5 Å². The van der Waals surface area contributed by atoms with Crippen LogP contribution in [0.4, 0.5) is 5.69 Å². The molecule has 4 nitrogen and oxygen atoms in total. The van der Waals surface area contributed by atoms with Crippen LogP contribution in [-0.2, 0) is 9.53 Å². The second-order valence-electron chi connectivity index (χ2n) is 4.49. The lowest BCUT2D eigenvalue weighted by molar-refractivity contribution is -0.148. The molecule has 1 aromatic rings. The predicted octanol–water partition coefficient (Wildman–Crippen LogP) is 2.30.